The van der Waals surface area contributed by atoms with Crippen molar-refractivity contribution in [2.75, 3.05) is 39.3 Å². The molecule has 0 bridgehead atoms. The lowest BCUT2D eigenvalue weighted by Crippen LogP contribution is -2.55. The number of carbonyl (C=O) groups excluding carboxylic acids is 2. The van der Waals surface area contributed by atoms with Crippen LogP contribution in [0.4, 0.5) is 0 Å². The molecule has 3 saturated heterocycles. The van der Waals surface area contributed by atoms with E-state index in [1.54, 1.807) is 0 Å². The van der Waals surface area contributed by atoms with Gasteiger partial charge in [0, 0.05) is 44.6 Å². The minimum atomic E-state index is -0.220. The molecule has 3 heterocycles. The molecule has 29 heavy (non-hydrogen) atoms. The van der Waals surface area contributed by atoms with E-state index in [9.17, 15) is 9.59 Å². The molecule has 0 aromatic heterocycles. The number of fused-ring (bicyclic) bond motifs is 1. The van der Waals surface area contributed by atoms with Crippen molar-refractivity contribution < 1.29 is 14.3 Å². The minimum Gasteiger partial charge on any atom is -0.368 e. The second-order valence-electron chi connectivity index (χ2n) is 10.1. The van der Waals surface area contributed by atoms with E-state index in [2.05, 4.69) is 5.32 Å². The van der Waals surface area contributed by atoms with Gasteiger partial charge in [0.15, 0.2) is 0 Å². The summed E-state index contributed by atoms with van der Waals surface area (Å²) in [5.41, 5.74) is 0. The summed E-state index contributed by atoms with van der Waals surface area (Å²) in [4.78, 5) is 29.3. The van der Waals surface area contributed by atoms with Gasteiger partial charge >= 0.3 is 0 Å². The molecule has 4 atom stereocenters. The molecule has 0 aromatic rings. The van der Waals surface area contributed by atoms with Crippen molar-refractivity contribution >= 4 is 11.8 Å². The molecule has 0 spiro atoms. The average Bonchev–Trinajstić information content (AvgIpc) is 3.20. The van der Waals surface area contributed by atoms with Crippen LogP contribution in [0.5, 0.6) is 0 Å². The summed E-state index contributed by atoms with van der Waals surface area (Å²) in [6.07, 6.45) is 10.8. The molecule has 6 heteroatoms. The minimum absolute atomic E-state index is 0.121. The summed E-state index contributed by atoms with van der Waals surface area (Å²) in [5, 5.41) is 3.73. The summed E-state index contributed by atoms with van der Waals surface area (Å²) in [6, 6.07) is 0.775. The Labute approximate surface area is 174 Å². The quantitative estimate of drug-likeness (QED) is 0.783. The van der Waals surface area contributed by atoms with Crippen LogP contribution in [0.2, 0.25) is 0 Å². The van der Waals surface area contributed by atoms with E-state index < -0.39 is 0 Å². The summed E-state index contributed by atoms with van der Waals surface area (Å²) in [7, 11) is 0. The lowest BCUT2D eigenvalue weighted by atomic mass is 9.68. The van der Waals surface area contributed by atoms with Gasteiger partial charge in [0.25, 0.3) is 5.91 Å². The monoisotopic (exact) mass is 403 g/mol. The Kier molecular flexibility index (Phi) is 5.83. The second kappa shape index (κ2) is 8.54. The van der Waals surface area contributed by atoms with Gasteiger partial charge in [-0.25, -0.2) is 0 Å². The third-order valence-electron chi connectivity index (χ3n) is 8.62. The molecule has 1 N–H and O–H groups in total. The van der Waals surface area contributed by atoms with Gasteiger partial charge in [-0.05, 0) is 75.7 Å². The van der Waals surface area contributed by atoms with E-state index in [1.165, 1.54) is 45.1 Å². The zero-order chi connectivity index (χ0) is 19.8. The van der Waals surface area contributed by atoms with Crippen molar-refractivity contribution in [1.29, 1.82) is 0 Å². The number of nitrogens with one attached hydrogen (secondary N) is 1. The fraction of sp³-hybridized carbons (Fsp3) is 0.913. The zero-order valence-electron chi connectivity index (χ0n) is 17.7. The first-order valence-corrected chi connectivity index (χ1v) is 12.1. The fourth-order valence-corrected chi connectivity index (χ4v) is 6.62. The number of hydrogen-bond acceptors (Lipinski definition) is 4. The number of nitrogens with zero attached hydrogens (tertiary/aromatic N) is 2. The average molecular weight is 404 g/mol. The van der Waals surface area contributed by atoms with Crippen molar-refractivity contribution in [3.63, 3.8) is 0 Å². The first-order chi connectivity index (χ1) is 14.2. The summed E-state index contributed by atoms with van der Waals surface area (Å²) in [5.74, 6) is 3.32. The standard InChI is InChI=1S/C23H37N3O3/c27-22(25-10-12-26(13-11-25)23(28)21-8-14-29-21)18-4-1-16(2-5-18)19-6-3-17-7-9-24-20(17)15-19/h16-21,24H,1-15H2. The first kappa shape index (κ1) is 19.8. The molecule has 5 rings (SSSR count). The Morgan fingerprint density at radius 1 is 0.724 bits per heavy atom. The van der Waals surface area contributed by atoms with Crippen LogP contribution in [-0.4, -0.2) is 73.1 Å². The van der Waals surface area contributed by atoms with E-state index in [0.717, 1.165) is 43.1 Å². The van der Waals surface area contributed by atoms with Crippen molar-refractivity contribution in [1.82, 2.24) is 15.1 Å². The smallest absolute Gasteiger partial charge is 0.251 e. The van der Waals surface area contributed by atoms with Gasteiger partial charge in [-0.3, -0.25) is 9.59 Å². The third kappa shape index (κ3) is 4.07. The third-order valence-corrected chi connectivity index (χ3v) is 8.62. The molecule has 4 unspecified atom stereocenters. The van der Waals surface area contributed by atoms with E-state index in [1.807, 2.05) is 9.80 Å². The van der Waals surface area contributed by atoms with Crippen LogP contribution in [0.3, 0.4) is 0 Å². The number of amides is 2. The molecular weight excluding hydrogens is 366 g/mol. The van der Waals surface area contributed by atoms with Crippen molar-refractivity contribution in [2.24, 2.45) is 23.7 Å². The van der Waals surface area contributed by atoms with Crippen LogP contribution in [-0.2, 0) is 14.3 Å². The number of rotatable bonds is 3. The Morgan fingerprint density at radius 2 is 1.34 bits per heavy atom. The van der Waals surface area contributed by atoms with Crippen LogP contribution < -0.4 is 5.32 Å². The molecule has 2 aliphatic carbocycles. The van der Waals surface area contributed by atoms with Gasteiger partial charge < -0.3 is 19.9 Å². The number of ether oxygens (including phenoxy) is 1. The Balaban J connectivity index is 1.06. The van der Waals surface area contributed by atoms with Gasteiger partial charge in [-0.2, -0.15) is 0 Å². The van der Waals surface area contributed by atoms with Crippen LogP contribution in [0.1, 0.15) is 57.8 Å². The predicted molar refractivity (Wildman–Crippen MR) is 110 cm³/mol. The normalized spacial score (nSPS) is 40.3. The maximum Gasteiger partial charge on any atom is 0.251 e. The first-order valence-electron chi connectivity index (χ1n) is 12.1. The van der Waals surface area contributed by atoms with Crippen molar-refractivity contribution in [3.05, 3.63) is 0 Å². The van der Waals surface area contributed by atoms with E-state index in [4.69, 9.17) is 4.74 Å². The number of piperazine rings is 1. The van der Waals surface area contributed by atoms with E-state index in [-0.39, 0.29) is 17.9 Å². The molecule has 0 radical (unpaired) electrons. The highest BCUT2D eigenvalue weighted by atomic mass is 16.5. The topological polar surface area (TPSA) is 61.9 Å². The number of hydrogen-bond donors (Lipinski definition) is 1. The maximum atomic E-state index is 13.1. The number of carbonyl (C=O) groups is 2. The molecule has 3 aliphatic heterocycles. The highest BCUT2D eigenvalue weighted by molar-refractivity contribution is 5.82. The van der Waals surface area contributed by atoms with E-state index >= 15 is 0 Å². The van der Waals surface area contributed by atoms with Gasteiger partial charge in [0.1, 0.15) is 6.10 Å². The molecule has 2 saturated carbocycles. The van der Waals surface area contributed by atoms with Gasteiger partial charge in [0.05, 0.1) is 6.61 Å². The van der Waals surface area contributed by atoms with Crippen LogP contribution >= 0.6 is 0 Å². The lowest BCUT2D eigenvalue weighted by Gasteiger charge is -2.41. The van der Waals surface area contributed by atoms with Crippen molar-refractivity contribution in [2.45, 2.75) is 69.9 Å². The van der Waals surface area contributed by atoms with Gasteiger partial charge in [-0.1, -0.05) is 0 Å². The van der Waals surface area contributed by atoms with Gasteiger partial charge in [0.2, 0.25) is 5.91 Å². The predicted octanol–water partition coefficient (Wildman–Crippen LogP) is 2.03. The zero-order valence-corrected chi connectivity index (χ0v) is 17.7. The molecule has 5 aliphatic rings. The highest BCUT2D eigenvalue weighted by Gasteiger charge is 2.39. The van der Waals surface area contributed by atoms with Crippen molar-refractivity contribution in [3.8, 4) is 0 Å². The molecule has 5 fully saturated rings. The SMILES string of the molecule is O=C(C1CCC(C2CCC3CCNC3C2)CC1)N1CCN(C(=O)C2CCO2)CC1. The second-order valence-corrected chi connectivity index (χ2v) is 10.1. The highest BCUT2D eigenvalue weighted by Crippen LogP contribution is 2.43. The summed E-state index contributed by atoms with van der Waals surface area (Å²) in [6.45, 7) is 4.63. The maximum absolute atomic E-state index is 13.1. The van der Waals surface area contributed by atoms with E-state index in [0.29, 0.717) is 38.7 Å². The van der Waals surface area contributed by atoms with Crippen LogP contribution in [0.15, 0.2) is 0 Å². The molecule has 0 aromatic carbocycles. The largest absolute Gasteiger partial charge is 0.368 e. The molecular formula is C23H37N3O3. The van der Waals surface area contributed by atoms with Crippen LogP contribution in [0, 0.1) is 23.7 Å². The Hall–Kier alpha value is -1.14. The Morgan fingerprint density at radius 3 is 2.00 bits per heavy atom. The fourth-order valence-electron chi connectivity index (χ4n) is 6.62. The summed E-state index contributed by atoms with van der Waals surface area (Å²) < 4.78 is 5.32. The van der Waals surface area contributed by atoms with Crippen LogP contribution in [0.25, 0.3) is 0 Å². The molecule has 6 nitrogen and oxygen atoms in total. The lowest BCUT2D eigenvalue weighted by molar-refractivity contribution is -0.159. The van der Waals surface area contributed by atoms with Gasteiger partial charge in [-0.15, -0.1) is 0 Å². The summed E-state index contributed by atoms with van der Waals surface area (Å²) >= 11 is 0. The molecule has 162 valence electrons. The molecule has 2 amide bonds. The Bertz CT molecular complexity index is 606.